The zero-order valence-electron chi connectivity index (χ0n) is 13.5. The van der Waals surface area contributed by atoms with E-state index in [1.807, 2.05) is 41.2 Å². The summed E-state index contributed by atoms with van der Waals surface area (Å²) in [6.45, 7) is 0.837. The smallest absolute Gasteiger partial charge is 0.321 e. The molecular weight excluding hydrogens is 336 g/mol. The van der Waals surface area contributed by atoms with Crippen LogP contribution in [-0.2, 0) is 12.8 Å². The fraction of sp³-hybridized carbons (Fsp3) is 0.235. The van der Waals surface area contributed by atoms with Crippen molar-refractivity contribution in [3.05, 3.63) is 47.8 Å². The van der Waals surface area contributed by atoms with Gasteiger partial charge in [-0.2, -0.15) is 5.10 Å². The summed E-state index contributed by atoms with van der Waals surface area (Å²) in [5, 5.41) is 10.6. The Labute approximate surface area is 148 Å². The Hall–Kier alpha value is -2.71. The number of nitrogens with one attached hydrogen (secondary N) is 2. The first kappa shape index (κ1) is 15.8. The Morgan fingerprint density at radius 3 is 2.92 bits per heavy atom. The van der Waals surface area contributed by atoms with Crippen molar-refractivity contribution in [2.24, 2.45) is 5.73 Å². The first-order valence-electron chi connectivity index (χ1n) is 8.13. The number of hydrogen-bond acceptors (Lipinski definition) is 5. The van der Waals surface area contributed by atoms with Gasteiger partial charge in [-0.15, -0.1) is 0 Å². The van der Waals surface area contributed by atoms with E-state index in [0.717, 1.165) is 34.8 Å². The summed E-state index contributed by atoms with van der Waals surface area (Å²) in [5.74, 6) is 0. The number of aromatic nitrogens is 3. The van der Waals surface area contributed by atoms with Gasteiger partial charge in [-0.3, -0.25) is 5.32 Å². The van der Waals surface area contributed by atoms with Crippen molar-refractivity contribution in [3.8, 4) is 16.3 Å². The number of aryl methyl sites for hydroxylation is 2. The lowest BCUT2D eigenvalue weighted by Gasteiger charge is -2.13. The van der Waals surface area contributed by atoms with E-state index in [-0.39, 0.29) is 6.03 Å². The molecule has 2 amide bonds. The molecule has 2 heterocycles. The maximum absolute atomic E-state index is 11.8. The molecule has 128 valence electrons. The molecule has 0 unspecified atom stereocenters. The molecule has 25 heavy (non-hydrogen) atoms. The number of nitrogens with zero attached hydrogens (tertiary/aromatic N) is 3. The van der Waals surface area contributed by atoms with Gasteiger partial charge in [0.15, 0.2) is 5.13 Å². The van der Waals surface area contributed by atoms with Crippen LogP contribution in [0.4, 0.5) is 9.93 Å². The van der Waals surface area contributed by atoms with Gasteiger partial charge in [0.05, 0.1) is 28.1 Å². The number of anilines is 1. The molecule has 0 fully saturated rings. The van der Waals surface area contributed by atoms with Gasteiger partial charge >= 0.3 is 6.03 Å². The summed E-state index contributed by atoms with van der Waals surface area (Å²) < 4.78 is 1.95. The number of amides is 2. The molecule has 2 aromatic heterocycles. The molecule has 8 heteroatoms. The second kappa shape index (κ2) is 6.66. The van der Waals surface area contributed by atoms with Crippen LogP contribution in [0, 0.1) is 0 Å². The predicted octanol–water partition coefficient (Wildman–Crippen LogP) is 2.17. The SMILES string of the molecule is NCCNC(=O)Nc1nc2c(s1)-c1c(cnn1-c1ccccc1)CC2. The standard InChI is InChI=1S/C17H18N6OS/c18-8-9-19-16(24)22-17-21-13-7-6-11-10-20-23(14(11)15(13)25-17)12-4-2-1-3-5-12/h1-5,10H,6-9,18H2,(H2,19,21,22,24). The highest BCUT2D eigenvalue weighted by molar-refractivity contribution is 7.19. The molecular formula is C17H18N6OS. The van der Waals surface area contributed by atoms with Gasteiger partial charge in [0, 0.05) is 13.1 Å². The van der Waals surface area contributed by atoms with Crippen molar-refractivity contribution in [1.82, 2.24) is 20.1 Å². The average molecular weight is 354 g/mol. The van der Waals surface area contributed by atoms with E-state index in [1.54, 1.807) is 0 Å². The summed E-state index contributed by atoms with van der Waals surface area (Å²) in [7, 11) is 0. The number of carbonyl (C=O) groups excluding carboxylic acids is 1. The van der Waals surface area contributed by atoms with Crippen LogP contribution < -0.4 is 16.4 Å². The van der Waals surface area contributed by atoms with E-state index < -0.39 is 0 Å². The normalized spacial score (nSPS) is 12.4. The molecule has 7 nitrogen and oxygen atoms in total. The fourth-order valence-electron chi connectivity index (χ4n) is 2.91. The number of rotatable bonds is 4. The van der Waals surface area contributed by atoms with Gasteiger partial charge in [-0.1, -0.05) is 29.5 Å². The summed E-state index contributed by atoms with van der Waals surface area (Å²) in [6, 6.07) is 9.75. The number of urea groups is 1. The zero-order valence-corrected chi connectivity index (χ0v) is 14.3. The minimum Gasteiger partial charge on any atom is -0.337 e. The highest BCUT2D eigenvalue weighted by Gasteiger charge is 2.26. The van der Waals surface area contributed by atoms with Crippen molar-refractivity contribution < 1.29 is 4.79 Å². The molecule has 1 aromatic carbocycles. The first-order chi connectivity index (χ1) is 12.3. The second-order valence-electron chi connectivity index (χ2n) is 5.73. The topological polar surface area (TPSA) is 97.9 Å². The molecule has 3 aromatic rings. The number of fused-ring (bicyclic) bond motifs is 3. The quantitative estimate of drug-likeness (QED) is 0.669. The van der Waals surface area contributed by atoms with Crippen LogP contribution in [0.15, 0.2) is 36.5 Å². The third-order valence-corrected chi connectivity index (χ3v) is 5.06. The maximum atomic E-state index is 11.8. The maximum Gasteiger partial charge on any atom is 0.321 e. The minimum atomic E-state index is -0.284. The monoisotopic (exact) mass is 354 g/mol. The number of benzene rings is 1. The lowest BCUT2D eigenvalue weighted by Crippen LogP contribution is -2.32. The summed E-state index contributed by atoms with van der Waals surface area (Å²) >= 11 is 1.48. The Kier molecular flexibility index (Phi) is 4.21. The highest BCUT2D eigenvalue weighted by atomic mass is 32.1. The van der Waals surface area contributed by atoms with Crippen molar-refractivity contribution in [2.45, 2.75) is 12.8 Å². The van der Waals surface area contributed by atoms with Gasteiger partial charge in [-0.25, -0.2) is 14.5 Å². The van der Waals surface area contributed by atoms with Crippen LogP contribution in [0.2, 0.25) is 0 Å². The molecule has 1 aliphatic carbocycles. The van der Waals surface area contributed by atoms with Gasteiger partial charge < -0.3 is 11.1 Å². The van der Waals surface area contributed by atoms with E-state index in [2.05, 4.69) is 20.7 Å². The van der Waals surface area contributed by atoms with Gasteiger partial charge in [-0.05, 0) is 30.5 Å². The van der Waals surface area contributed by atoms with E-state index >= 15 is 0 Å². The second-order valence-corrected chi connectivity index (χ2v) is 6.73. The lowest BCUT2D eigenvalue weighted by atomic mass is 10.0. The number of nitrogens with two attached hydrogens (primary N) is 1. The zero-order chi connectivity index (χ0) is 17.2. The van der Waals surface area contributed by atoms with Crippen LogP contribution in [0.1, 0.15) is 11.3 Å². The van der Waals surface area contributed by atoms with Crippen molar-refractivity contribution in [2.75, 3.05) is 18.4 Å². The summed E-state index contributed by atoms with van der Waals surface area (Å²) in [5.41, 5.74) is 9.69. The number of carbonyl (C=O) groups is 1. The number of hydrogen-bond donors (Lipinski definition) is 3. The number of para-hydroxylation sites is 1. The van der Waals surface area contributed by atoms with E-state index in [9.17, 15) is 4.79 Å². The molecule has 0 spiro atoms. The predicted molar refractivity (Wildman–Crippen MR) is 98.2 cm³/mol. The minimum absolute atomic E-state index is 0.284. The van der Waals surface area contributed by atoms with Gasteiger partial charge in [0.1, 0.15) is 0 Å². The van der Waals surface area contributed by atoms with Crippen molar-refractivity contribution in [1.29, 1.82) is 0 Å². The summed E-state index contributed by atoms with van der Waals surface area (Å²) in [4.78, 5) is 17.5. The third kappa shape index (κ3) is 3.01. The molecule has 0 aliphatic heterocycles. The third-order valence-electron chi connectivity index (χ3n) is 4.04. The fourth-order valence-corrected chi connectivity index (χ4v) is 3.98. The summed E-state index contributed by atoms with van der Waals surface area (Å²) in [6.07, 6.45) is 3.68. The van der Waals surface area contributed by atoms with Crippen LogP contribution in [0.3, 0.4) is 0 Å². The molecule has 0 saturated heterocycles. The molecule has 0 radical (unpaired) electrons. The molecule has 0 saturated carbocycles. The van der Waals surface area contributed by atoms with E-state index in [4.69, 9.17) is 5.73 Å². The molecule has 0 atom stereocenters. The Balaban J connectivity index is 1.67. The largest absolute Gasteiger partial charge is 0.337 e. The van der Waals surface area contributed by atoms with Gasteiger partial charge in [0.25, 0.3) is 0 Å². The Morgan fingerprint density at radius 2 is 2.12 bits per heavy atom. The number of thiazole rings is 1. The average Bonchev–Trinajstić information content (AvgIpc) is 3.23. The van der Waals surface area contributed by atoms with Crippen LogP contribution >= 0.6 is 11.3 Å². The van der Waals surface area contributed by atoms with Crippen molar-refractivity contribution in [3.63, 3.8) is 0 Å². The van der Waals surface area contributed by atoms with Crippen LogP contribution in [0.5, 0.6) is 0 Å². The van der Waals surface area contributed by atoms with Crippen LogP contribution in [0.25, 0.3) is 16.3 Å². The molecule has 0 bridgehead atoms. The van der Waals surface area contributed by atoms with Crippen LogP contribution in [-0.4, -0.2) is 33.9 Å². The van der Waals surface area contributed by atoms with Gasteiger partial charge in [0.2, 0.25) is 0 Å². The lowest BCUT2D eigenvalue weighted by molar-refractivity contribution is 0.252. The van der Waals surface area contributed by atoms with E-state index in [0.29, 0.717) is 18.2 Å². The van der Waals surface area contributed by atoms with E-state index in [1.165, 1.54) is 16.9 Å². The Bertz CT molecular complexity index is 901. The van der Waals surface area contributed by atoms with Crippen molar-refractivity contribution >= 4 is 22.5 Å². The molecule has 4 N–H and O–H groups in total. The highest BCUT2D eigenvalue weighted by Crippen LogP contribution is 2.40. The Morgan fingerprint density at radius 1 is 1.28 bits per heavy atom. The molecule has 1 aliphatic rings. The first-order valence-corrected chi connectivity index (χ1v) is 8.95. The molecule has 4 rings (SSSR count).